The summed E-state index contributed by atoms with van der Waals surface area (Å²) in [6.45, 7) is 7.92. The maximum absolute atomic E-state index is 12.3. The third-order valence-electron chi connectivity index (χ3n) is 3.63. The summed E-state index contributed by atoms with van der Waals surface area (Å²) in [5.74, 6) is -1.57. The van der Waals surface area contributed by atoms with Gasteiger partial charge < -0.3 is 9.84 Å². The number of hydrogen-bond acceptors (Lipinski definition) is 4. The fourth-order valence-corrected chi connectivity index (χ4v) is 3.10. The number of rotatable bonds is 6. The Morgan fingerprint density at radius 3 is 2.23 bits per heavy atom. The monoisotopic (exact) mass is 326 g/mol. The molecule has 0 aliphatic rings. The Balaban J connectivity index is 2.04. The van der Waals surface area contributed by atoms with E-state index in [2.05, 4.69) is 17.4 Å². The maximum atomic E-state index is 12.3. The first-order valence-corrected chi connectivity index (χ1v) is 8.00. The average molecular weight is 326 g/mol. The van der Waals surface area contributed by atoms with E-state index in [0.717, 1.165) is 22.6 Å². The fourth-order valence-electron chi connectivity index (χ4n) is 2.60. The summed E-state index contributed by atoms with van der Waals surface area (Å²) in [5.41, 5.74) is 3.00. The van der Waals surface area contributed by atoms with Crippen LogP contribution in [0.15, 0.2) is 33.7 Å². The molecular formula is C16H20F2N2OS. The number of aromatic nitrogens is 1. The molecule has 120 valence electrons. The first-order chi connectivity index (χ1) is 10.4. The summed E-state index contributed by atoms with van der Waals surface area (Å²) >= 11 is 0.560. The molecule has 2 aromatic rings. The minimum Gasteiger partial charge on any atom is -0.361 e. The van der Waals surface area contributed by atoms with Gasteiger partial charge in [-0.1, -0.05) is 29.1 Å². The minimum atomic E-state index is -2.39. The normalized spacial score (nSPS) is 14.3. The Hall–Kier alpha value is -1.40. The number of halogens is 2. The zero-order valence-corrected chi connectivity index (χ0v) is 13.9. The van der Waals surface area contributed by atoms with Gasteiger partial charge in [0.25, 0.3) is 5.76 Å². The molecule has 0 unspecified atom stereocenters. The van der Waals surface area contributed by atoms with Crippen LogP contribution in [0.1, 0.15) is 48.5 Å². The number of hydrogen-bond donors (Lipinski definition) is 1. The average Bonchev–Trinajstić information content (AvgIpc) is 2.78. The Morgan fingerprint density at radius 1 is 1.09 bits per heavy atom. The lowest BCUT2D eigenvalue weighted by atomic mass is 10.0. The van der Waals surface area contributed by atoms with Crippen LogP contribution >= 0.6 is 11.8 Å². The predicted molar refractivity (Wildman–Crippen MR) is 84.2 cm³/mol. The van der Waals surface area contributed by atoms with Crippen LogP contribution in [0.2, 0.25) is 0 Å². The van der Waals surface area contributed by atoms with Gasteiger partial charge in [0.1, 0.15) is 5.76 Å². The number of nitrogens with one attached hydrogen (secondary N) is 1. The van der Waals surface area contributed by atoms with Gasteiger partial charge in [-0.15, -0.1) is 0 Å². The summed E-state index contributed by atoms with van der Waals surface area (Å²) < 4.78 is 29.8. The highest BCUT2D eigenvalue weighted by Crippen LogP contribution is 2.28. The lowest BCUT2D eigenvalue weighted by molar-refractivity contribution is 0.252. The summed E-state index contributed by atoms with van der Waals surface area (Å²) in [6.07, 6.45) is 0. The largest absolute Gasteiger partial charge is 0.361 e. The van der Waals surface area contributed by atoms with Gasteiger partial charge in [-0.3, -0.25) is 0 Å². The van der Waals surface area contributed by atoms with Gasteiger partial charge >= 0.3 is 0 Å². The van der Waals surface area contributed by atoms with Gasteiger partial charge in [0.15, 0.2) is 0 Å². The molecule has 1 heterocycles. The van der Waals surface area contributed by atoms with Gasteiger partial charge in [0.2, 0.25) is 0 Å². The molecule has 2 rings (SSSR count). The van der Waals surface area contributed by atoms with Gasteiger partial charge in [-0.25, -0.2) is 0 Å². The molecule has 0 aliphatic carbocycles. The van der Waals surface area contributed by atoms with E-state index in [1.165, 1.54) is 0 Å². The molecule has 1 N–H and O–H groups in total. The van der Waals surface area contributed by atoms with Crippen molar-refractivity contribution >= 4 is 11.8 Å². The first-order valence-electron chi connectivity index (χ1n) is 7.12. The van der Waals surface area contributed by atoms with Crippen LogP contribution in [0, 0.1) is 13.8 Å². The molecule has 0 aliphatic heterocycles. The van der Waals surface area contributed by atoms with Crippen molar-refractivity contribution in [1.82, 2.24) is 10.5 Å². The van der Waals surface area contributed by atoms with E-state index < -0.39 is 5.76 Å². The highest BCUT2D eigenvalue weighted by molar-refractivity contribution is 7.99. The first kappa shape index (κ1) is 17.0. The van der Waals surface area contributed by atoms with Crippen LogP contribution in [0.4, 0.5) is 8.78 Å². The minimum absolute atomic E-state index is 0.0919. The summed E-state index contributed by atoms with van der Waals surface area (Å²) in [5, 5.41) is 7.45. The van der Waals surface area contributed by atoms with E-state index in [4.69, 9.17) is 4.52 Å². The molecule has 6 heteroatoms. The van der Waals surface area contributed by atoms with Gasteiger partial charge in [0.05, 0.1) is 5.69 Å². The van der Waals surface area contributed by atoms with Crippen molar-refractivity contribution < 1.29 is 13.3 Å². The Morgan fingerprint density at radius 2 is 1.73 bits per heavy atom. The Labute approximate surface area is 133 Å². The molecule has 3 nitrogen and oxygen atoms in total. The van der Waals surface area contributed by atoms with Crippen molar-refractivity contribution in [2.75, 3.05) is 0 Å². The molecule has 0 spiro atoms. The van der Waals surface area contributed by atoms with Crippen LogP contribution in [-0.2, 0) is 0 Å². The molecule has 0 radical (unpaired) electrons. The number of nitrogens with zero attached hydrogens (tertiary/aromatic N) is 1. The summed E-state index contributed by atoms with van der Waals surface area (Å²) in [6, 6.07) is 7.39. The van der Waals surface area contributed by atoms with E-state index in [9.17, 15) is 8.78 Å². The van der Waals surface area contributed by atoms with Gasteiger partial charge in [-0.2, -0.15) is 8.78 Å². The highest BCUT2D eigenvalue weighted by atomic mass is 32.2. The topological polar surface area (TPSA) is 38.1 Å². The molecule has 1 aromatic heterocycles. The smallest absolute Gasteiger partial charge is 0.288 e. The van der Waals surface area contributed by atoms with Crippen molar-refractivity contribution in [3.8, 4) is 0 Å². The second-order valence-electron chi connectivity index (χ2n) is 5.30. The summed E-state index contributed by atoms with van der Waals surface area (Å²) in [4.78, 5) is 0.574. The molecule has 0 fully saturated rings. The number of thioether (sulfide) groups is 1. The van der Waals surface area contributed by atoms with Gasteiger partial charge in [0, 0.05) is 22.5 Å². The van der Waals surface area contributed by atoms with Crippen LogP contribution in [0.5, 0.6) is 0 Å². The second-order valence-corrected chi connectivity index (χ2v) is 6.36. The van der Waals surface area contributed by atoms with Crippen molar-refractivity contribution in [3.05, 3.63) is 46.8 Å². The SMILES string of the molecule is Cc1noc(C)c1[C@@H](C)N[C@H](C)c1ccc(SC(F)F)cc1. The number of benzene rings is 1. The number of alkyl halides is 2. The van der Waals surface area contributed by atoms with Crippen LogP contribution in [-0.4, -0.2) is 10.9 Å². The highest BCUT2D eigenvalue weighted by Gasteiger charge is 2.18. The molecule has 0 bridgehead atoms. The van der Waals surface area contributed by atoms with Crippen LogP contribution in [0.25, 0.3) is 0 Å². The van der Waals surface area contributed by atoms with E-state index in [-0.39, 0.29) is 12.1 Å². The molecular weight excluding hydrogens is 306 g/mol. The molecule has 0 saturated heterocycles. The van der Waals surface area contributed by atoms with E-state index in [0.29, 0.717) is 16.7 Å². The Kier molecular flexibility index (Phi) is 5.58. The van der Waals surface area contributed by atoms with Crippen LogP contribution < -0.4 is 5.32 Å². The van der Waals surface area contributed by atoms with E-state index in [1.54, 1.807) is 12.1 Å². The van der Waals surface area contributed by atoms with Crippen molar-refractivity contribution in [2.45, 2.75) is 50.4 Å². The second kappa shape index (κ2) is 7.24. The van der Waals surface area contributed by atoms with Crippen molar-refractivity contribution in [2.24, 2.45) is 0 Å². The zero-order valence-electron chi connectivity index (χ0n) is 13.1. The summed E-state index contributed by atoms with van der Waals surface area (Å²) in [7, 11) is 0. The predicted octanol–water partition coefficient (Wildman–Crippen LogP) is 5.02. The third-order valence-corrected chi connectivity index (χ3v) is 4.35. The zero-order chi connectivity index (χ0) is 16.3. The fraction of sp³-hybridized carbons (Fsp3) is 0.438. The van der Waals surface area contributed by atoms with E-state index in [1.807, 2.05) is 32.9 Å². The van der Waals surface area contributed by atoms with Gasteiger partial charge in [-0.05, 0) is 45.4 Å². The lowest BCUT2D eigenvalue weighted by Crippen LogP contribution is -2.23. The number of aryl methyl sites for hydroxylation is 2. The third kappa shape index (κ3) is 4.08. The molecule has 22 heavy (non-hydrogen) atoms. The maximum Gasteiger partial charge on any atom is 0.288 e. The van der Waals surface area contributed by atoms with Crippen molar-refractivity contribution in [3.63, 3.8) is 0 Å². The lowest BCUT2D eigenvalue weighted by Gasteiger charge is -2.20. The van der Waals surface area contributed by atoms with E-state index >= 15 is 0 Å². The molecule has 0 amide bonds. The Bertz CT molecular complexity index is 594. The van der Waals surface area contributed by atoms with Crippen LogP contribution in [0.3, 0.4) is 0 Å². The molecule has 1 aromatic carbocycles. The molecule has 2 atom stereocenters. The standard InChI is InChI=1S/C16H20F2N2OS/c1-9(13-5-7-14(8-6-13)22-16(17)18)19-10(2)15-11(3)20-21-12(15)4/h5-10,16,19H,1-4H3/t9-,10-/m1/s1. The molecule has 0 saturated carbocycles. The quantitative estimate of drug-likeness (QED) is 0.757. The van der Waals surface area contributed by atoms with Crippen molar-refractivity contribution in [1.29, 1.82) is 0 Å².